The minimum atomic E-state index is -3.81. The van der Waals surface area contributed by atoms with E-state index in [9.17, 15) is 21.6 Å². The number of benzene rings is 2. The SMILES string of the molecule is CCS(=O)(=O)Nc1ccc(NC(=O)c2ccc(S(=O)(=O)Nc3ccncc3)cc2)cc1C. The van der Waals surface area contributed by atoms with Crippen LogP contribution in [0.2, 0.25) is 0 Å². The van der Waals surface area contributed by atoms with Crippen molar-refractivity contribution in [2.24, 2.45) is 0 Å². The van der Waals surface area contributed by atoms with Crippen molar-refractivity contribution in [1.29, 1.82) is 0 Å². The molecule has 0 radical (unpaired) electrons. The zero-order valence-electron chi connectivity index (χ0n) is 17.4. The molecule has 0 saturated heterocycles. The number of aryl methyl sites for hydroxylation is 1. The van der Waals surface area contributed by atoms with Crippen molar-refractivity contribution in [3.05, 3.63) is 78.1 Å². The number of nitrogens with zero attached hydrogens (tertiary/aromatic N) is 1. The van der Waals surface area contributed by atoms with Crippen LogP contribution in [0.1, 0.15) is 22.8 Å². The number of pyridine rings is 1. The number of sulfonamides is 2. The highest BCUT2D eigenvalue weighted by atomic mass is 32.2. The standard InChI is InChI=1S/C21H22N4O5S2/c1-3-31(27,28)25-20-9-6-18(14-15(20)2)23-21(26)16-4-7-19(8-5-16)32(29,30)24-17-10-12-22-13-11-17/h4-14,25H,3H2,1-2H3,(H,22,24)(H,23,26). The summed E-state index contributed by atoms with van der Waals surface area (Å²) in [7, 11) is -7.21. The van der Waals surface area contributed by atoms with E-state index in [0.717, 1.165) is 0 Å². The van der Waals surface area contributed by atoms with Crippen LogP contribution >= 0.6 is 0 Å². The molecule has 0 bridgehead atoms. The average Bonchev–Trinajstić information content (AvgIpc) is 2.76. The van der Waals surface area contributed by atoms with E-state index in [1.165, 1.54) is 55.7 Å². The van der Waals surface area contributed by atoms with E-state index in [1.807, 2.05) is 0 Å². The summed E-state index contributed by atoms with van der Waals surface area (Å²) in [5.74, 6) is -0.480. The van der Waals surface area contributed by atoms with Gasteiger partial charge in [0.15, 0.2) is 0 Å². The van der Waals surface area contributed by atoms with Crippen molar-refractivity contribution in [3.8, 4) is 0 Å². The van der Waals surface area contributed by atoms with Crippen LogP contribution < -0.4 is 14.8 Å². The first-order valence-corrected chi connectivity index (χ1v) is 12.7. The fraction of sp³-hybridized carbons (Fsp3) is 0.143. The van der Waals surface area contributed by atoms with Gasteiger partial charge in [-0.2, -0.15) is 0 Å². The second kappa shape index (κ2) is 9.37. The highest BCUT2D eigenvalue weighted by molar-refractivity contribution is 7.93. The second-order valence-corrected chi connectivity index (χ2v) is 10.5. The van der Waals surface area contributed by atoms with E-state index in [2.05, 4.69) is 19.7 Å². The van der Waals surface area contributed by atoms with E-state index >= 15 is 0 Å². The summed E-state index contributed by atoms with van der Waals surface area (Å²) in [6, 6.07) is 13.3. The fourth-order valence-electron chi connectivity index (χ4n) is 2.72. The van der Waals surface area contributed by atoms with Gasteiger partial charge in [0, 0.05) is 23.6 Å². The maximum Gasteiger partial charge on any atom is 0.261 e. The summed E-state index contributed by atoms with van der Waals surface area (Å²) < 4.78 is 53.4. The molecular formula is C21H22N4O5S2. The lowest BCUT2D eigenvalue weighted by Crippen LogP contribution is -2.16. The maximum absolute atomic E-state index is 12.5. The summed E-state index contributed by atoms with van der Waals surface area (Å²) >= 11 is 0. The van der Waals surface area contributed by atoms with Crippen molar-refractivity contribution < 1.29 is 21.6 Å². The van der Waals surface area contributed by atoms with Gasteiger partial charge in [0.25, 0.3) is 15.9 Å². The topological polar surface area (TPSA) is 134 Å². The lowest BCUT2D eigenvalue weighted by atomic mass is 10.1. The summed E-state index contributed by atoms with van der Waals surface area (Å²) in [5.41, 5.74) is 2.19. The number of anilines is 3. The van der Waals surface area contributed by atoms with Crippen molar-refractivity contribution in [1.82, 2.24) is 4.98 Å². The number of aromatic nitrogens is 1. The minimum Gasteiger partial charge on any atom is -0.322 e. The third kappa shape index (κ3) is 5.83. The summed E-state index contributed by atoms with van der Waals surface area (Å²) in [5, 5.41) is 2.71. The van der Waals surface area contributed by atoms with Gasteiger partial charge in [-0.3, -0.25) is 19.2 Å². The zero-order chi connectivity index (χ0) is 23.4. The lowest BCUT2D eigenvalue weighted by Gasteiger charge is -2.12. The molecule has 0 aliphatic rings. The van der Waals surface area contributed by atoms with Gasteiger partial charge in [-0.05, 0) is 74.0 Å². The highest BCUT2D eigenvalue weighted by Gasteiger charge is 2.16. The molecule has 168 valence electrons. The van der Waals surface area contributed by atoms with Crippen LogP contribution in [0.3, 0.4) is 0 Å². The molecule has 32 heavy (non-hydrogen) atoms. The molecule has 0 aliphatic carbocycles. The predicted octanol–water partition coefficient (Wildman–Crippen LogP) is 3.20. The number of hydrogen-bond acceptors (Lipinski definition) is 6. The van der Waals surface area contributed by atoms with Gasteiger partial charge in [0.2, 0.25) is 10.0 Å². The van der Waals surface area contributed by atoms with E-state index in [4.69, 9.17) is 0 Å². The number of hydrogen-bond donors (Lipinski definition) is 3. The quantitative estimate of drug-likeness (QED) is 0.459. The number of nitrogens with one attached hydrogen (secondary N) is 3. The average molecular weight is 475 g/mol. The molecule has 0 aliphatic heterocycles. The molecule has 1 aromatic heterocycles. The van der Waals surface area contributed by atoms with Gasteiger partial charge in [-0.1, -0.05) is 0 Å². The molecule has 0 fully saturated rings. The van der Waals surface area contributed by atoms with E-state index in [0.29, 0.717) is 22.6 Å². The Kier molecular flexibility index (Phi) is 6.80. The van der Waals surface area contributed by atoms with Gasteiger partial charge >= 0.3 is 0 Å². The van der Waals surface area contributed by atoms with Gasteiger partial charge in [0.05, 0.1) is 22.0 Å². The fourth-order valence-corrected chi connectivity index (χ4v) is 4.49. The Bertz CT molecular complexity index is 1320. The van der Waals surface area contributed by atoms with Crippen LogP contribution in [0.4, 0.5) is 17.1 Å². The van der Waals surface area contributed by atoms with Crippen molar-refractivity contribution >= 4 is 43.0 Å². The van der Waals surface area contributed by atoms with Crippen LogP contribution in [-0.2, 0) is 20.0 Å². The van der Waals surface area contributed by atoms with Gasteiger partial charge in [-0.15, -0.1) is 0 Å². The number of carbonyl (C=O) groups is 1. The van der Waals surface area contributed by atoms with Gasteiger partial charge in [0.1, 0.15) is 0 Å². The molecule has 0 saturated carbocycles. The molecule has 11 heteroatoms. The maximum atomic E-state index is 12.5. The Balaban J connectivity index is 1.70. The lowest BCUT2D eigenvalue weighted by molar-refractivity contribution is 0.102. The van der Waals surface area contributed by atoms with Crippen LogP contribution in [0.25, 0.3) is 0 Å². The van der Waals surface area contributed by atoms with Crippen molar-refractivity contribution in [2.75, 3.05) is 20.5 Å². The normalized spacial score (nSPS) is 11.6. The molecule has 3 rings (SSSR count). The van der Waals surface area contributed by atoms with E-state index in [1.54, 1.807) is 25.1 Å². The molecule has 0 spiro atoms. The summed E-state index contributed by atoms with van der Waals surface area (Å²) in [6.45, 7) is 3.26. The van der Waals surface area contributed by atoms with Crippen LogP contribution in [0.5, 0.6) is 0 Å². The van der Waals surface area contributed by atoms with Gasteiger partial charge in [-0.25, -0.2) is 16.8 Å². The third-order valence-electron chi connectivity index (χ3n) is 4.49. The zero-order valence-corrected chi connectivity index (χ0v) is 19.0. The monoisotopic (exact) mass is 474 g/mol. The van der Waals surface area contributed by atoms with Crippen LogP contribution in [0.15, 0.2) is 71.9 Å². The number of carbonyl (C=O) groups excluding carboxylic acids is 1. The first-order chi connectivity index (χ1) is 15.1. The van der Waals surface area contributed by atoms with E-state index in [-0.39, 0.29) is 16.2 Å². The molecule has 0 atom stereocenters. The van der Waals surface area contributed by atoms with Crippen LogP contribution in [0, 0.1) is 6.92 Å². The predicted molar refractivity (Wildman–Crippen MR) is 124 cm³/mol. The van der Waals surface area contributed by atoms with Crippen LogP contribution in [-0.4, -0.2) is 33.5 Å². The molecule has 9 nitrogen and oxygen atoms in total. The summed E-state index contributed by atoms with van der Waals surface area (Å²) in [6.07, 6.45) is 2.94. The molecule has 3 aromatic rings. The first kappa shape index (κ1) is 23.2. The highest BCUT2D eigenvalue weighted by Crippen LogP contribution is 2.22. The third-order valence-corrected chi connectivity index (χ3v) is 7.18. The molecule has 1 heterocycles. The first-order valence-electron chi connectivity index (χ1n) is 9.55. The van der Waals surface area contributed by atoms with Crippen molar-refractivity contribution in [2.45, 2.75) is 18.7 Å². The smallest absolute Gasteiger partial charge is 0.261 e. The Morgan fingerprint density at radius 2 is 1.53 bits per heavy atom. The van der Waals surface area contributed by atoms with E-state index < -0.39 is 26.0 Å². The number of rotatable bonds is 8. The Hall–Kier alpha value is -3.44. The molecule has 3 N–H and O–H groups in total. The minimum absolute atomic E-state index is 0.00858. The number of amides is 1. The Labute approximate surface area is 187 Å². The molecule has 2 aromatic carbocycles. The molecular weight excluding hydrogens is 452 g/mol. The second-order valence-electron chi connectivity index (χ2n) is 6.86. The summed E-state index contributed by atoms with van der Waals surface area (Å²) in [4.78, 5) is 16.4. The van der Waals surface area contributed by atoms with Gasteiger partial charge < -0.3 is 5.32 Å². The molecule has 1 amide bonds. The molecule has 0 unspecified atom stereocenters. The Morgan fingerprint density at radius 3 is 2.12 bits per heavy atom. The largest absolute Gasteiger partial charge is 0.322 e. The Morgan fingerprint density at radius 1 is 0.875 bits per heavy atom. The van der Waals surface area contributed by atoms with Crippen molar-refractivity contribution in [3.63, 3.8) is 0 Å².